The van der Waals surface area contributed by atoms with Crippen molar-refractivity contribution in [3.8, 4) is 0 Å². The highest BCUT2D eigenvalue weighted by atomic mass is 35.5. The molecule has 0 saturated heterocycles. The minimum atomic E-state index is -4.74. The van der Waals surface area contributed by atoms with Gasteiger partial charge in [-0.3, -0.25) is 9.78 Å². The van der Waals surface area contributed by atoms with Crippen LogP contribution in [-0.2, 0) is 0 Å². The number of halogens is 4. The maximum Gasteiger partial charge on any atom is 0.418 e. The van der Waals surface area contributed by atoms with E-state index in [4.69, 9.17) is 5.11 Å². The monoisotopic (exact) mass is 255 g/mol. The van der Waals surface area contributed by atoms with Gasteiger partial charge in [0.2, 0.25) is 0 Å². The average Bonchev–Trinajstić information content (AvgIpc) is 2.15. The molecule has 0 aliphatic carbocycles. The third-order valence-corrected chi connectivity index (χ3v) is 1.77. The van der Waals surface area contributed by atoms with Gasteiger partial charge in [0, 0.05) is 13.1 Å². The second kappa shape index (κ2) is 5.27. The largest absolute Gasteiger partial charge is 0.418 e. The van der Waals surface area contributed by atoms with Crippen LogP contribution >= 0.6 is 12.4 Å². The zero-order valence-corrected chi connectivity index (χ0v) is 8.97. The number of aromatic nitrogens is 1. The van der Waals surface area contributed by atoms with E-state index in [2.05, 4.69) is 4.98 Å². The minimum Gasteiger partial charge on any atom is -0.379 e. The summed E-state index contributed by atoms with van der Waals surface area (Å²) in [6.07, 6.45) is -6.27. The molecule has 1 N–H and O–H groups in total. The Kier molecular flexibility index (Phi) is 4.89. The zero-order valence-electron chi connectivity index (χ0n) is 8.15. The molecule has 0 bridgehead atoms. The molecular weight excluding hydrogens is 247 g/mol. The molecule has 0 saturated carbocycles. The summed E-state index contributed by atoms with van der Waals surface area (Å²) in [7, 11) is 0. The van der Waals surface area contributed by atoms with Crippen molar-refractivity contribution < 1.29 is 23.1 Å². The maximum absolute atomic E-state index is 12.1. The van der Waals surface area contributed by atoms with Crippen LogP contribution < -0.4 is 0 Å². The van der Waals surface area contributed by atoms with Crippen molar-refractivity contribution in [2.24, 2.45) is 0 Å². The summed E-state index contributed by atoms with van der Waals surface area (Å²) < 4.78 is 36.3. The minimum absolute atomic E-state index is 0. The number of rotatable bonds is 2. The smallest absolute Gasteiger partial charge is 0.379 e. The van der Waals surface area contributed by atoms with Gasteiger partial charge >= 0.3 is 6.18 Å². The first-order valence-electron chi connectivity index (χ1n) is 4.04. The van der Waals surface area contributed by atoms with Gasteiger partial charge in [-0.25, -0.2) is 0 Å². The summed E-state index contributed by atoms with van der Waals surface area (Å²) in [5, 5.41) is 8.90. The highest BCUT2D eigenvalue weighted by molar-refractivity contribution is 5.92. The van der Waals surface area contributed by atoms with E-state index in [1.54, 1.807) is 0 Å². The number of aliphatic hydroxyl groups is 1. The number of ketones is 1. The molecule has 90 valence electrons. The van der Waals surface area contributed by atoms with Crippen LogP contribution in [0.15, 0.2) is 18.3 Å². The molecule has 0 aliphatic rings. The van der Waals surface area contributed by atoms with Crippen LogP contribution in [0.5, 0.6) is 0 Å². The zero-order chi connectivity index (χ0) is 11.6. The van der Waals surface area contributed by atoms with E-state index in [0.29, 0.717) is 0 Å². The van der Waals surface area contributed by atoms with Gasteiger partial charge in [0.15, 0.2) is 11.9 Å². The fourth-order valence-electron chi connectivity index (χ4n) is 0.998. The summed E-state index contributed by atoms with van der Waals surface area (Å²) in [5.74, 6) is -0.453. The molecule has 1 aromatic rings. The van der Waals surface area contributed by atoms with E-state index in [9.17, 15) is 18.0 Å². The van der Waals surface area contributed by atoms with Gasteiger partial charge in [-0.2, -0.15) is 13.2 Å². The van der Waals surface area contributed by atoms with E-state index in [1.807, 2.05) is 0 Å². The van der Waals surface area contributed by atoms with Crippen LogP contribution in [0.2, 0.25) is 0 Å². The third-order valence-electron chi connectivity index (χ3n) is 1.77. The third kappa shape index (κ3) is 3.46. The molecule has 1 rings (SSSR count). The molecule has 1 unspecified atom stereocenters. The molecule has 0 amide bonds. The molecule has 0 radical (unpaired) electrons. The lowest BCUT2D eigenvalue weighted by molar-refractivity contribution is -0.206. The Morgan fingerprint density at radius 3 is 2.50 bits per heavy atom. The number of pyridine rings is 1. The van der Waals surface area contributed by atoms with Crippen LogP contribution in [0.3, 0.4) is 0 Å². The van der Waals surface area contributed by atoms with Gasteiger partial charge < -0.3 is 5.11 Å². The van der Waals surface area contributed by atoms with E-state index >= 15 is 0 Å². The number of nitrogens with zero attached hydrogens (tertiary/aromatic N) is 1. The van der Waals surface area contributed by atoms with Gasteiger partial charge in [0.25, 0.3) is 0 Å². The first kappa shape index (κ1) is 14.9. The lowest BCUT2D eigenvalue weighted by atomic mass is 10.1. The molecule has 3 nitrogen and oxygen atoms in total. The van der Waals surface area contributed by atoms with Crippen LogP contribution in [0, 0.1) is 0 Å². The maximum atomic E-state index is 12.1. The molecule has 16 heavy (non-hydrogen) atoms. The second-order valence-corrected chi connectivity index (χ2v) is 2.97. The van der Waals surface area contributed by atoms with Gasteiger partial charge in [-0.15, -0.1) is 12.4 Å². The predicted molar refractivity (Wildman–Crippen MR) is 52.5 cm³/mol. The number of hydrogen-bond donors (Lipinski definition) is 1. The molecular formula is C9H9ClF3NO2. The van der Waals surface area contributed by atoms with E-state index in [1.165, 1.54) is 6.92 Å². The molecule has 7 heteroatoms. The number of carbonyl (C=O) groups excluding carboxylic acids is 1. The van der Waals surface area contributed by atoms with Crippen molar-refractivity contribution in [1.82, 2.24) is 4.98 Å². The van der Waals surface area contributed by atoms with Crippen LogP contribution in [0.1, 0.15) is 29.1 Å². The lowest BCUT2D eigenvalue weighted by Crippen LogP contribution is -2.20. The van der Waals surface area contributed by atoms with Crippen molar-refractivity contribution in [3.05, 3.63) is 29.6 Å². The van der Waals surface area contributed by atoms with Gasteiger partial charge in [-0.05, 0) is 17.7 Å². The van der Waals surface area contributed by atoms with Crippen molar-refractivity contribution >= 4 is 18.2 Å². The quantitative estimate of drug-likeness (QED) is 0.825. The lowest BCUT2D eigenvalue weighted by Gasteiger charge is -2.14. The second-order valence-electron chi connectivity index (χ2n) is 2.97. The Labute approximate surface area is 95.7 Å². The van der Waals surface area contributed by atoms with Crippen molar-refractivity contribution in [2.45, 2.75) is 19.2 Å². The van der Waals surface area contributed by atoms with Crippen molar-refractivity contribution in [2.75, 3.05) is 0 Å². The first-order chi connectivity index (χ1) is 6.82. The molecule has 1 aromatic heterocycles. The van der Waals surface area contributed by atoms with Crippen LogP contribution in [0.4, 0.5) is 13.2 Å². The van der Waals surface area contributed by atoms with Crippen molar-refractivity contribution in [3.63, 3.8) is 0 Å². The highest BCUT2D eigenvalue weighted by Crippen LogP contribution is 2.32. The standard InChI is InChI=1S/C9H8F3NO2.ClH/c1-5(14)7-4-6(2-3-13-7)8(15)9(10,11)12;/h2-4,8,15H,1H3;1H. The van der Waals surface area contributed by atoms with E-state index in [-0.39, 0.29) is 23.7 Å². The summed E-state index contributed by atoms with van der Waals surface area (Å²) in [6.45, 7) is 1.19. The predicted octanol–water partition coefficient (Wildman–Crippen LogP) is 2.30. The average molecular weight is 256 g/mol. The number of alkyl halides is 3. The molecule has 0 aliphatic heterocycles. The Hall–Kier alpha value is -1.14. The SMILES string of the molecule is CC(=O)c1cc(C(O)C(F)(F)F)ccn1.Cl. The Bertz CT molecular complexity index is 381. The van der Waals surface area contributed by atoms with Crippen LogP contribution in [0.25, 0.3) is 0 Å². The summed E-state index contributed by atoms with van der Waals surface area (Å²) >= 11 is 0. The van der Waals surface area contributed by atoms with Crippen molar-refractivity contribution in [1.29, 1.82) is 0 Å². The van der Waals surface area contributed by atoms with Gasteiger partial charge in [0.1, 0.15) is 5.69 Å². The van der Waals surface area contributed by atoms with E-state index < -0.39 is 18.1 Å². The Morgan fingerprint density at radius 1 is 1.50 bits per heavy atom. The van der Waals surface area contributed by atoms with Gasteiger partial charge in [-0.1, -0.05) is 0 Å². The first-order valence-corrected chi connectivity index (χ1v) is 4.04. The highest BCUT2D eigenvalue weighted by Gasteiger charge is 2.39. The number of hydrogen-bond acceptors (Lipinski definition) is 3. The molecule has 1 heterocycles. The number of carbonyl (C=O) groups is 1. The molecule has 0 spiro atoms. The molecule has 0 aromatic carbocycles. The Morgan fingerprint density at radius 2 is 2.06 bits per heavy atom. The number of Topliss-reactive ketones (excluding diaryl/α,β-unsaturated/α-hetero) is 1. The van der Waals surface area contributed by atoms with E-state index in [0.717, 1.165) is 18.3 Å². The summed E-state index contributed by atoms with van der Waals surface area (Å²) in [4.78, 5) is 14.4. The molecule has 0 fully saturated rings. The molecule has 1 atom stereocenters. The Balaban J connectivity index is 0.00000225. The fraction of sp³-hybridized carbons (Fsp3) is 0.333. The summed E-state index contributed by atoms with van der Waals surface area (Å²) in [6, 6.07) is 1.95. The number of aliphatic hydroxyl groups excluding tert-OH is 1. The van der Waals surface area contributed by atoms with Crippen LogP contribution in [-0.4, -0.2) is 22.1 Å². The van der Waals surface area contributed by atoms with Gasteiger partial charge in [0.05, 0.1) is 0 Å². The fourth-order valence-corrected chi connectivity index (χ4v) is 0.998. The normalized spacial score (nSPS) is 12.8. The topological polar surface area (TPSA) is 50.2 Å². The summed E-state index contributed by atoms with van der Waals surface area (Å²) in [5.41, 5.74) is -0.487.